The molecule has 2 N–H and O–H groups in total. The first-order valence-electron chi connectivity index (χ1n) is 12.3. The van der Waals surface area contributed by atoms with Crippen LogP contribution in [0.5, 0.6) is 5.75 Å². The minimum absolute atomic E-state index is 0.108. The third-order valence-corrected chi connectivity index (χ3v) is 7.20. The highest BCUT2D eigenvalue weighted by Crippen LogP contribution is 2.49. The van der Waals surface area contributed by atoms with Crippen LogP contribution in [0.25, 0.3) is 0 Å². The van der Waals surface area contributed by atoms with Gasteiger partial charge in [-0.15, -0.1) is 13.2 Å². The summed E-state index contributed by atoms with van der Waals surface area (Å²) >= 11 is 0. The summed E-state index contributed by atoms with van der Waals surface area (Å²) in [6, 6.07) is 12.9. The molecule has 0 spiro atoms. The number of nitrogens with one attached hydrogen (secondary N) is 2. The van der Waals surface area contributed by atoms with E-state index in [0.717, 1.165) is 24.0 Å². The van der Waals surface area contributed by atoms with Gasteiger partial charge in [-0.25, -0.2) is 0 Å². The molecule has 4 rings (SSSR count). The van der Waals surface area contributed by atoms with Gasteiger partial charge < -0.3 is 20.3 Å². The number of carbonyl (C=O) groups is 2. The molecule has 0 radical (unpaired) electrons. The Morgan fingerprint density at radius 1 is 1.06 bits per heavy atom. The molecule has 0 bridgehead atoms. The van der Waals surface area contributed by atoms with Crippen molar-refractivity contribution in [2.24, 2.45) is 0 Å². The van der Waals surface area contributed by atoms with Crippen molar-refractivity contribution >= 4 is 11.8 Å². The summed E-state index contributed by atoms with van der Waals surface area (Å²) in [5, 5.41) is 6.25. The average molecular weight is 504 g/mol. The molecule has 1 heterocycles. The van der Waals surface area contributed by atoms with Crippen molar-refractivity contribution in [2.75, 3.05) is 20.1 Å². The van der Waals surface area contributed by atoms with Gasteiger partial charge in [-0.05, 0) is 62.9 Å². The summed E-state index contributed by atoms with van der Waals surface area (Å²) in [6.07, 6.45) is -1.57. The van der Waals surface area contributed by atoms with Crippen molar-refractivity contribution in [1.29, 1.82) is 0 Å². The Balaban J connectivity index is 1.50. The van der Waals surface area contributed by atoms with Crippen LogP contribution in [-0.2, 0) is 21.4 Å². The van der Waals surface area contributed by atoms with Crippen LogP contribution in [0.15, 0.2) is 48.5 Å². The maximum atomic E-state index is 13.5. The van der Waals surface area contributed by atoms with Crippen LogP contribution in [0.3, 0.4) is 0 Å². The quantitative estimate of drug-likeness (QED) is 0.574. The molecule has 1 aliphatic heterocycles. The second kappa shape index (κ2) is 10.5. The molecule has 2 aromatic carbocycles. The first-order chi connectivity index (χ1) is 17.1. The average Bonchev–Trinajstić information content (AvgIpc) is 3.66. The molecule has 1 aliphatic carbocycles. The van der Waals surface area contributed by atoms with E-state index >= 15 is 0 Å². The van der Waals surface area contributed by atoms with Gasteiger partial charge in [0.05, 0.1) is 5.41 Å². The molecule has 1 saturated carbocycles. The number of hydrogen-bond donors (Lipinski definition) is 2. The number of rotatable bonds is 8. The van der Waals surface area contributed by atoms with Crippen LogP contribution in [0.4, 0.5) is 13.2 Å². The fraction of sp³-hybridized carbons (Fsp3) is 0.481. The van der Waals surface area contributed by atoms with Crippen molar-refractivity contribution < 1.29 is 27.5 Å². The highest BCUT2D eigenvalue weighted by Gasteiger charge is 2.52. The third kappa shape index (κ3) is 6.19. The third-order valence-electron chi connectivity index (χ3n) is 7.20. The Morgan fingerprint density at radius 2 is 1.67 bits per heavy atom. The number of likely N-dealkylation sites (tertiary alicyclic amines) is 1. The first kappa shape index (κ1) is 26.0. The molecule has 1 atom stereocenters. The van der Waals surface area contributed by atoms with E-state index in [9.17, 15) is 22.8 Å². The normalized spacial score (nSPS) is 18.4. The predicted molar refractivity (Wildman–Crippen MR) is 130 cm³/mol. The molecule has 9 heteroatoms. The topological polar surface area (TPSA) is 70.7 Å². The summed E-state index contributed by atoms with van der Waals surface area (Å²) in [7, 11) is 1.92. The first-order valence-corrected chi connectivity index (χ1v) is 12.3. The number of aryl methyl sites for hydroxylation is 1. The summed E-state index contributed by atoms with van der Waals surface area (Å²) < 4.78 is 41.5. The lowest BCUT2D eigenvalue weighted by Gasteiger charge is -2.34. The van der Waals surface area contributed by atoms with E-state index in [1.807, 2.05) is 43.1 Å². The van der Waals surface area contributed by atoms with Crippen LogP contribution >= 0.6 is 0 Å². The van der Waals surface area contributed by atoms with Crippen molar-refractivity contribution in [3.63, 3.8) is 0 Å². The lowest BCUT2D eigenvalue weighted by Crippen LogP contribution is -2.54. The maximum Gasteiger partial charge on any atom is 0.573 e. The predicted octanol–water partition coefficient (Wildman–Crippen LogP) is 3.86. The van der Waals surface area contributed by atoms with E-state index in [0.29, 0.717) is 44.0 Å². The molecule has 194 valence electrons. The lowest BCUT2D eigenvalue weighted by atomic mass is 9.93. The molecule has 2 aliphatic rings. The SMILES string of the molecule is CNC1CCN(C(=O)C(Cc2ccc(C)cc2)NC(=O)C2(c3ccc(OC(F)(F)F)cc3)CC2)CC1. The van der Waals surface area contributed by atoms with Crippen molar-refractivity contribution in [1.82, 2.24) is 15.5 Å². The van der Waals surface area contributed by atoms with Gasteiger partial charge in [0.2, 0.25) is 11.8 Å². The largest absolute Gasteiger partial charge is 0.573 e. The number of nitrogens with zero attached hydrogens (tertiary/aromatic N) is 1. The Bertz CT molecular complexity index is 1060. The second-order valence-corrected chi connectivity index (χ2v) is 9.76. The van der Waals surface area contributed by atoms with Gasteiger partial charge in [-0.3, -0.25) is 9.59 Å². The maximum absolute atomic E-state index is 13.5. The molecule has 36 heavy (non-hydrogen) atoms. The fourth-order valence-electron chi connectivity index (χ4n) is 4.81. The monoisotopic (exact) mass is 503 g/mol. The molecule has 6 nitrogen and oxygen atoms in total. The smallest absolute Gasteiger partial charge is 0.406 e. The number of benzene rings is 2. The number of amides is 2. The van der Waals surface area contributed by atoms with Gasteiger partial charge in [0.1, 0.15) is 11.8 Å². The van der Waals surface area contributed by atoms with Gasteiger partial charge in [0.15, 0.2) is 0 Å². The van der Waals surface area contributed by atoms with Gasteiger partial charge in [0.25, 0.3) is 0 Å². The summed E-state index contributed by atoms with van der Waals surface area (Å²) in [6.45, 7) is 3.23. The molecule has 2 amide bonds. The van der Waals surface area contributed by atoms with E-state index in [-0.39, 0.29) is 17.6 Å². The van der Waals surface area contributed by atoms with E-state index in [2.05, 4.69) is 15.4 Å². The zero-order valence-corrected chi connectivity index (χ0v) is 20.5. The zero-order valence-electron chi connectivity index (χ0n) is 20.5. The van der Waals surface area contributed by atoms with Gasteiger partial charge in [-0.1, -0.05) is 42.0 Å². The highest BCUT2D eigenvalue weighted by molar-refractivity contribution is 5.95. The molecule has 2 aromatic rings. The van der Waals surface area contributed by atoms with Crippen molar-refractivity contribution in [3.05, 3.63) is 65.2 Å². The number of hydrogen-bond acceptors (Lipinski definition) is 4. The number of halogens is 3. The molecule has 2 fully saturated rings. The molecular weight excluding hydrogens is 471 g/mol. The van der Waals surface area contributed by atoms with Gasteiger partial charge in [-0.2, -0.15) is 0 Å². The Labute approximate surface area is 209 Å². The Morgan fingerprint density at radius 3 is 2.19 bits per heavy atom. The molecule has 1 unspecified atom stereocenters. The molecule has 0 aromatic heterocycles. The Kier molecular flexibility index (Phi) is 7.59. The fourth-order valence-corrected chi connectivity index (χ4v) is 4.81. The van der Waals surface area contributed by atoms with Crippen LogP contribution in [-0.4, -0.2) is 55.3 Å². The minimum Gasteiger partial charge on any atom is -0.406 e. The van der Waals surface area contributed by atoms with Crippen molar-refractivity contribution in [3.8, 4) is 5.75 Å². The zero-order chi connectivity index (χ0) is 25.9. The Hall–Kier alpha value is -3.07. The van der Waals surface area contributed by atoms with Crippen LogP contribution < -0.4 is 15.4 Å². The summed E-state index contributed by atoms with van der Waals surface area (Å²) in [5.41, 5.74) is 1.82. The summed E-state index contributed by atoms with van der Waals surface area (Å²) in [5.74, 6) is -0.717. The van der Waals surface area contributed by atoms with Crippen molar-refractivity contribution in [2.45, 2.75) is 62.9 Å². The molecular formula is C27H32F3N3O3. The minimum atomic E-state index is -4.78. The van der Waals surface area contributed by atoms with Gasteiger partial charge >= 0.3 is 6.36 Å². The lowest BCUT2D eigenvalue weighted by molar-refractivity contribution is -0.274. The van der Waals surface area contributed by atoms with Crippen LogP contribution in [0.1, 0.15) is 42.4 Å². The van der Waals surface area contributed by atoms with Gasteiger partial charge in [0, 0.05) is 25.6 Å². The number of ether oxygens (including phenoxy) is 1. The number of piperidine rings is 1. The molecule has 1 saturated heterocycles. The van der Waals surface area contributed by atoms with Crippen LogP contribution in [0.2, 0.25) is 0 Å². The van der Waals surface area contributed by atoms with E-state index in [4.69, 9.17) is 0 Å². The van der Waals surface area contributed by atoms with E-state index < -0.39 is 17.8 Å². The standard InChI is InChI=1S/C27H32F3N3O3/c1-18-3-5-19(6-4-18)17-23(24(34)33-15-11-21(31-2)12-16-33)32-25(35)26(13-14-26)20-7-9-22(10-8-20)36-27(28,29)30/h3-10,21,23,31H,11-17H2,1-2H3,(H,32,35). The van der Waals surface area contributed by atoms with E-state index in [1.165, 1.54) is 24.3 Å². The second-order valence-electron chi connectivity index (χ2n) is 9.76. The number of carbonyl (C=O) groups excluding carboxylic acids is 2. The van der Waals surface area contributed by atoms with Crippen LogP contribution in [0, 0.1) is 6.92 Å². The highest BCUT2D eigenvalue weighted by atomic mass is 19.4. The number of alkyl halides is 3. The summed E-state index contributed by atoms with van der Waals surface area (Å²) in [4.78, 5) is 28.8. The van der Waals surface area contributed by atoms with E-state index in [1.54, 1.807) is 0 Å².